The highest BCUT2D eigenvalue weighted by atomic mass is 32.1. The summed E-state index contributed by atoms with van der Waals surface area (Å²) in [6.45, 7) is 3.52. The largest absolute Gasteiger partial charge is 0.293 e. The highest BCUT2D eigenvalue weighted by Gasteiger charge is 2.08. The number of benzene rings is 1. The lowest BCUT2D eigenvalue weighted by Gasteiger charge is -1.88. The third-order valence-corrected chi connectivity index (χ3v) is 3.23. The summed E-state index contributed by atoms with van der Waals surface area (Å²) in [4.78, 5) is 12.2. The minimum Gasteiger partial charge on any atom is -0.293 e. The van der Waals surface area contributed by atoms with Crippen LogP contribution in [0.4, 0.5) is 4.39 Å². The van der Waals surface area contributed by atoms with E-state index in [1.54, 1.807) is 18.2 Å². The molecule has 15 heavy (non-hydrogen) atoms. The molecule has 0 radical (unpaired) electrons. The summed E-state index contributed by atoms with van der Waals surface area (Å²) in [7, 11) is 0. The second-order valence-corrected chi connectivity index (χ2v) is 4.29. The number of hydrogen-bond donors (Lipinski definition) is 0. The fourth-order valence-corrected chi connectivity index (χ4v) is 2.41. The van der Waals surface area contributed by atoms with Crippen LogP contribution in [0.25, 0.3) is 10.1 Å². The van der Waals surface area contributed by atoms with E-state index in [4.69, 9.17) is 0 Å². The Bertz CT molecular complexity index is 527. The summed E-state index contributed by atoms with van der Waals surface area (Å²) in [6.07, 6.45) is 1.91. The molecule has 0 bridgehead atoms. The molecule has 3 heteroatoms. The summed E-state index contributed by atoms with van der Waals surface area (Å²) in [5.74, 6) is -0.237. The van der Waals surface area contributed by atoms with Crippen LogP contribution in [-0.2, 0) is 0 Å². The number of thiophene rings is 1. The predicted molar refractivity (Wildman–Crippen MR) is 60.9 cm³/mol. The lowest BCUT2D eigenvalue weighted by molar-refractivity contribution is 0.1000. The van der Waals surface area contributed by atoms with Gasteiger partial charge in [-0.2, -0.15) is 0 Å². The van der Waals surface area contributed by atoms with Gasteiger partial charge in [0.2, 0.25) is 0 Å². The van der Waals surface area contributed by atoms with Crippen molar-refractivity contribution in [2.24, 2.45) is 0 Å². The molecule has 1 nitrogen and oxygen atoms in total. The van der Waals surface area contributed by atoms with Crippen LogP contribution in [-0.4, -0.2) is 5.78 Å². The van der Waals surface area contributed by atoms with Crippen molar-refractivity contribution in [1.82, 2.24) is 0 Å². The zero-order valence-corrected chi connectivity index (χ0v) is 8.81. The van der Waals surface area contributed by atoms with E-state index < -0.39 is 0 Å². The number of carbonyl (C=O) groups is 1. The Balaban J connectivity index is 2.47. The number of allylic oxidation sites excluding steroid dienone is 1. The minimum absolute atomic E-state index is 0.0339. The molecule has 0 atom stereocenters. The van der Waals surface area contributed by atoms with E-state index in [1.807, 2.05) is 0 Å². The van der Waals surface area contributed by atoms with Crippen LogP contribution in [0.15, 0.2) is 36.9 Å². The number of fused-ring (bicyclic) bond motifs is 1. The van der Waals surface area contributed by atoms with E-state index in [9.17, 15) is 9.18 Å². The molecular weight excluding hydrogens is 211 g/mol. The molecule has 2 rings (SSSR count). The maximum atomic E-state index is 12.9. The molecule has 1 aromatic heterocycles. The van der Waals surface area contributed by atoms with Crippen molar-refractivity contribution in [1.29, 1.82) is 0 Å². The molecule has 2 aromatic rings. The van der Waals surface area contributed by atoms with Crippen molar-refractivity contribution < 1.29 is 9.18 Å². The van der Waals surface area contributed by atoms with Crippen molar-refractivity contribution in [3.8, 4) is 0 Å². The minimum atomic E-state index is -0.271. The quantitative estimate of drug-likeness (QED) is 0.568. The van der Waals surface area contributed by atoms with Gasteiger partial charge in [0.1, 0.15) is 5.82 Å². The van der Waals surface area contributed by atoms with E-state index >= 15 is 0 Å². The van der Waals surface area contributed by atoms with Crippen molar-refractivity contribution >= 4 is 27.2 Å². The normalized spacial score (nSPS) is 10.5. The average molecular weight is 220 g/mol. The predicted octanol–water partition coefficient (Wildman–Crippen LogP) is 3.80. The van der Waals surface area contributed by atoms with E-state index in [-0.39, 0.29) is 11.6 Å². The second-order valence-electron chi connectivity index (χ2n) is 3.21. The van der Waals surface area contributed by atoms with Gasteiger partial charge in [0.15, 0.2) is 5.78 Å². The molecule has 0 aliphatic carbocycles. The van der Waals surface area contributed by atoms with Gasteiger partial charge in [-0.1, -0.05) is 12.1 Å². The highest BCUT2D eigenvalue weighted by molar-refractivity contribution is 7.20. The van der Waals surface area contributed by atoms with Gasteiger partial charge in [-0.3, -0.25) is 4.79 Å². The molecular formula is C12H9FOS. The number of halogens is 1. The molecule has 0 fully saturated rings. The fraction of sp³-hybridized carbons (Fsp3) is 0.0833. The van der Waals surface area contributed by atoms with Gasteiger partial charge in [0.25, 0.3) is 0 Å². The molecule has 0 saturated heterocycles. The fourth-order valence-electron chi connectivity index (χ4n) is 1.37. The maximum absolute atomic E-state index is 12.9. The van der Waals surface area contributed by atoms with E-state index in [0.29, 0.717) is 11.3 Å². The number of Topliss-reactive ketones (excluding diaryl/α,β-unsaturated/α-hetero) is 1. The molecule has 1 aromatic carbocycles. The Morgan fingerprint density at radius 3 is 3.00 bits per heavy atom. The van der Waals surface area contributed by atoms with Gasteiger partial charge < -0.3 is 0 Å². The second kappa shape index (κ2) is 3.95. The molecule has 0 unspecified atom stereocenters. The molecule has 0 spiro atoms. The van der Waals surface area contributed by atoms with Gasteiger partial charge >= 0.3 is 0 Å². The number of hydrogen-bond acceptors (Lipinski definition) is 2. The Morgan fingerprint density at radius 2 is 2.27 bits per heavy atom. The highest BCUT2D eigenvalue weighted by Crippen LogP contribution is 2.27. The summed E-state index contributed by atoms with van der Waals surface area (Å²) in [6, 6.07) is 6.33. The first-order chi connectivity index (χ1) is 7.20. The topological polar surface area (TPSA) is 17.1 Å². The Labute approximate surface area is 90.9 Å². The number of rotatable bonds is 3. The van der Waals surface area contributed by atoms with Crippen molar-refractivity contribution in [2.75, 3.05) is 0 Å². The van der Waals surface area contributed by atoms with Gasteiger partial charge in [-0.15, -0.1) is 17.9 Å². The lowest BCUT2D eigenvalue weighted by Crippen LogP contribution is -1.91. The van der Waals surface area contributed by atoms with Crippen LogP contribution >= 0.6 is 11.3 Å². The van der Waals surface area contributed by atoms with Crippen LogP contribution in [0.2, 0.25) is 0 Å². The Hall–Kier alpha value is -1.48. The van der Waals surface area contributed by atoms with Crippen molar-refractivity contribution in [3.05, 3.63) is 47.6 Å². The molecule has 0 amide bonds. The van der Waals surface area contributed by atoms with Crippen LogP contribution in [0, 0.1) is 5.82 Å². The first kappa shape index (κ1) is 10.1. The summed E-state index contributed by atoms with van der Waals surface area (Å²) >= 11 is 1.32. The Morgan fingerprint density at radius 1 is 1.47 bits per heavy atom. The van der Waals surface area contributed by atoms with Gasteiger partial charge in [0.05, 0.1) is 4.88 Å². The zero-order chi connectivity index (χ0) is 10.8. The average Bonchev–Trinajstić information content (AvgIpc) is 2.60. The first-order valence-electron chi connectivity index (χ1n) is 4.54. The first-order valence-corrected chi connectivity index (χ1v) is 5.35. The maximum Gasteiger partial charge on any atom is 0.176 e. The zero-order valence-electron chi connectivity index (χ0n) is 8.00. The van der Waals surface area contributed by atoms with Crippen molar-refractivity contribution in [2.45, 2.75) is 6.42 Å². The molecule has 1 heterocycles. The van der Waals surface area contributed by atoms with Crippen LogP contribution in [0.5, 0.6) is 0 Å². The SMILES string of the molecule is C=CCC(=O)c1cc2ccc(F)cc2s1. The third kappa shape index (κ3) is 1.97. The van der Waals surface area contributed by atoms with Crippen LogP contribution < -0.4 is 0 Å². The van der Waals surface area contributed by atoms with Gasteiger partial charge in [-0.05, 0) is 23.6 Å². The summed E-state index contributed by atoms with van der Waals surface area (Å²) in [5, 5.41) is 0.911. The molecule has 0 N–H and O–H groups in total. The van der Waals surface area contributed by atoms with E-state index in [0.717, 1.165) is 10.1 Å². The van der Waals surface area contributed by atoms with Gasteiger partial charge in [-0.25, -0.2) is 4.39 Å². The van der Waals surface area contributed by atoms with E-state index in [2.05, 4.69) is 6.58 Å². The van der Waals surface area contributed by atoms with Crippen molar-refractivity contribution in [3.63, 3.8) is 0 Å². The van der Waals surface area contributed by atoms with E-state index in [1.165, 1.54) is 23.5 Å². The Kier molecular flexibility index (Phi) is 2.64. The summed E-state index contributed by atoms with van der Waals surface area (Å²) < 4.78 is 13.7. The van der Waals surface area contributed by atoms with Gasteiger partial charge in [0, 0.05) is 11.1 Å². The molecule has 0 aliphatic heterocycles. The van der Waals surface area contributed by atoms with Crippen LogP contribution in [0.3, 0.4) is 0 Å². The van der Waals surface area contributed by atoms with Crippen LogP contribution in [0.1, 0.15) is 16.1 Å². The molecule has 76 valence electrons. The summed E-state index contributed by atoms with van der Waals surface area (Å²) in [5.41, 5.74) is 0. The third-order valence-electron chi connectivity index (χ3n) is 2.09. The molecule has 0 saturated carbocycles. The lowest BCUT2D eigenvalue weighted by atomic mass is 10.2. The number of ketones is 1. The number of carbonyl (C=O) groups excluding carboxylic acids is 1. The molecule has 0 aliphatic rings. The standard InChI is InChI=1S/C12H9FOS/c1-2-3-10(14)12-6-8-4-5-9(13)7-11(8)15-12/h2,4-7H,1,3H2. The monoisotopic (exact) mass is 220 g/mol. The smallest absolute Gasteiger partial charge is 0.176 e.